The Bertz CT molecular complexity index is 861. The number of carbonyl (C=O) groups is 1. The first-order valence-corrected chi connectivity index (χ1v) is 8.04. The molecule has 26 heavy (non-hydrogen) atoms. The number of nitrogens with zero attached hydrogens (tertiary/aromatic N) is 1. The van der Waals surface area contributed by atoms with Crippen LogP contribution in [0.4, 0.5) is 17.6 Å². The molecule has 1 aromatic heterocycles. The average Bonchev–Trinajstić information content (AvgIpc) is 2.60. The van der Waals surface area contributed by atoms with Crippen LogP contribution in [0.3, 0.4) is 0 Å². The predicted octanol–water partition coefficient (Wildman–Crippen LogP) is 4.45. The Hall–Kier alpha value is -2.70. The van der Waals surface area contributed by atoms with E-state index in [0.29, 0.717) is 24.6 Å². The van der Waals surface area contributed by atoms with Gasteiger partial charge in [-0.2, -0.15) is 13.2 Å². The number of rotatable bonds is 3. The Balaban J connectivity index is 1.79. The van der Waals surface area contributed by atoms with Crippen molar-refractivity contribution in [3.05, 3.63) is 71.3 Å². The summed E-state index contributed by atoms with van der Waals surface area (Å²) in [7, 11) is 0. The fraction of sp³-hybridized carbons (Fsp3) is 0.263. The van der Waals surface area contributed by atoms with Crippen molar-refractivity contribution >= 4 is 11.5 Å². The fourth-order valence-electron chi connectivity index (χ4n) is 3.13. The molecule has 0 fully saturated rings. The first kappa shape index (κ1) is 18.1. The van der Waals surface area contributed by atoms with Crippen molar-refractivity contribution in [3.63, 3.8) is 0 Å². The molecule has 1 amide bonds. The third-order valence-corrected chi connectivity index (χ3v) is 4.43. The summed E-state index contributed by atoms with van der Waals surface area (Å²) >= 11 is 0. The summed E-state index contributed by atoms with van der Waals surface area (Å²) in [6.07, 6.45) is -1.98. The Kier molecular flexibility index (Phi) is 4.80. The number of aromatic nitrogens is 1. The second-order valence-electron chi connectivity index (χ2n) is 6.15. The number of benzene rings is 1. The number of allylic oxidation sites excluding steroid dienone is 1. The molecule has 0 radical (unpaired) electrons. The van der Waals surface area contributed by atoms with Gasteiger partial charge >= 0.3 is 6.18 Å². The summed E-state index contributed by atoms with van der Waals surface area (Å²) in [5.41, 5.74) is 0.950. The number of halogens is 4. The van der Waals surface area contributed by atoms with Crippen molar-refractivity contribution in [1.29, 1.82) is 0 Å². The summed E-state index contributed by atoms with van der Waals surface area (Å²) in [6, 6.07) is 5.90. The minimum Gasteiger partial charge on any atom is -0.351 e. The van der Waals surface area contributed by atoms with E-state index in [1.54, 1.807) is 18.3 Å². The number of nitrogens with one attached hydrogen (secondary N) is 1. The number of fused-ring (bicyclic) bond motifs is 1. The molecule has 1 aromatic carbocycles. The van der Waals surface area contributed by atoms with Gasteiger partial charge < -0.3 is 5.32 Å². The highest BCUT2D eigenvalue weighted by Gasteiger charge is 2.34. The van der Waals surface area contributed by atoms with Gasteiger partial charge in [-0.3, -0.25) is 9.78 Å². The molecule has 1 aliphatic rings. The van der Waals surface area contributed by atoms with Crippen molar-refractivity contribution in [2.75, 3.05) is 0 Å². The lowest BCUT2D eigenvalue weighted by molar-refractivity contribution is -0.138. The summed E-state index contributed by atoms with van der Waals surface area (Å²) in [5.74, 6) is -1.86. The molecule has 136 valence electrons. The number of alkyl halides is 3. The summed E-state index contributed by atoms with van der Waals surface area (Å²) in [5, 5.41) is 2.54. The maximum Gasteiger partial charge on any atom is 0.416 e. The molecule has 3 nitrogen and oxygen atoms in total. The van der Waals surface area contributed by atoms with E-state index in [4.69, 9.17) is 0 Å². The van der Waals surface area contributed by atoms with E-state index in [1.807, 2.05) is 0 Å². The fourth-order valence-corrected chi connectivity index (χ4v) is 3.13. The van der Waals surface area contributed by atoms with Gasteiger partial charge in [-0.25, -0.2) is 4.39 Å². The van der Waals surface area contributed by atoms with Crippen LogP contribution in [0.1, 0.15) is 41.1 Å². The van der Waals surface area contributed by atoms with E-state index in [-0.39, 0.29) is 18.0 Å². The molecule has 2 aromatic rings. The highest BCUT2D eigenvalue weighted by atomic mass is 19.4. The Morgan fingerprint density at radius 2 is 2.08 bits per heavy atom. The molecule has 1 unspecified atom stereocenters. The van der Waals surface area contributed by atoms with Crippen LogP contribution in [0.25, 0.3) is 5.57 Å². The molecular weight excluding hydrogens is 348 g/mol. The van der Waals surface area contributed by atoms with Crippen LogP contribution in [-0.4, -0.2) is 10.9 Å². The molecule has 0 spiro atoms. The quantitative estimate of drug-likeness (QED) is 0.818. The van der Waals surface area contributed by atoms with Gasteiger partial charge in [0.25, 0.3) is 0 Å². The maximum atomic E-state index is 13.2. The molecule has 0 aliphatic heterocycles. The Morgan fingerprint density at radius 1 is 1.31 bits per heavy atom. The molecular formula is C19H16F4N2O. The molecule has 0 saturated heterocycles. The van der Waals surface area contributed by atoms with E-state index in [0.717, 1.165) is 23.3 Å². The van der Waals surface area contributed by atoms with E-state index < -0.39 is 23.5 Å². The molecule has 3 rings (SSSR count). The third kappa shape index (κ3) is 3.61. The number of pyridine rings is 1. The van der Waals surface area contributed by atoms with Gasteiger partial charge in [0.05, 0.1) is 17.2 Å². The van der Waals surface area contributed by atoms with Gasteiger partial charge in [0.1, 0.15) is 5.82 Å². The zero-order chi connectivity index (χ0) is 18.9. The lowest BCUT2D eigenvalue weighted by atomic mass is 9.83. The van der Waals surface area contributed by atoms with Gasteiger partial charge in [-0.1, -0.05) is 18.7 Å². The van der Waals surface area contributed by atoms with E-state index >= 15 is 0 Å². The molecule has 1 aliphatic carbocycles. The number of carbonyl (C=O) groups excluding carboxylic acids is 1. The van der Waals surface area contributed by atoms with E-state index in [2.05, 4.69) is 16.9 Å². The average molecular weight is 364 g/mol. The minimum atomic E-state index is -4.69. The van der Waals surface area contributed by atoms with Gasteiger partial charge in [-0.15, -0.1) is 0 Å². The van der Waals surface area contributed by atoms with Crippen LogP contribution in [-0.2, 0) is 17.5 Å². The van der Waals surface area contributed by atoms with Gasteiger partial charge in [0.2, 0.25) is 5.91 Å². The van der Waals surface area contributed by atoms with Crippen molar-refractivity contribution < 1.29 is 22.4 Å². The van der Waals surface area contributed by atoms with Crippen LogP contribution in [0, 0.1) is 5.82 Å². The molecule has 0 bridgehead atoms. The lowest BCUT2D eigenvalue weighted by Crippen LogP contribution is -2.31. The predicted molar refractivity (Wildman–Crippen MR) is 88.5 cm³/mol. The SMILES string of the molecule is C=C1CCC(C(=O)NCc2ccc(F)cc2C(F)(F)F)c2cccnc21. The van der Waals surface area contributed by atoms with Crippen molar-refractivity contribution in [2.45, 2.75) is 31.5 Å². The number of hydrogen-bond donors (Lipinski definition) is 1. The van der Waals surface area contributed by atoms with Crippen molar-refractivity contribution in [1.82, 2.24) is 10.3 Å². The van der Waals surface area contributed by atoms with E-state index in [9.17, 15) is 22.4 Å². The van der Waals surface area contributed by atoms with Crippen LogP contribution in [0.2, 0.25) is 0 Å². The van der Waals surface area contributed by atoms with Crippen LogP contribution in [0.15, 0.2) is 43.1 Å². The highest BCUT2D eigenvalue weighted by molar-refractivity contribution is 5.86. The number of hydrogen-bond acceptors (Lipinski definition) is 2. The Labute approximate surface area is 147 Å². The summed E-state index contributed by atoms with van der Waals surface area (Å²) in [6.45, 7) is 3.60. The monoisotopic (exact) mass is 364 g/mol. The lowest BCUT2D eigenvalue weighted by Gasteiger charge is -2.25. The van der Waals surface area contributed by atoms with Crippen LogP contribution in [0.5, 0.6) is 0 Å². The van der Waals surface area contributed by atoms with Crippen molar-refractivity contribution in [2.24, 2.45) is 0 Å². The first-order valence-electron chi connectivity index (χ1n) is 8.04. The van der Waals surface area contributed by atoms with Gasteiger partial charge in [-0.05, 0) is 47.7 Å². The largest absolute Gasteiger partial charge is 0.416 e. The maximum absolute atomic E-state index is 13.2. The van der Waals surface area contributed by atoms with Crippen molar-refractivity contribution in [3.8, 4) is 0 Å². The molecule has 0 saturated carbocycles. The second kappa shape index (κ2) is 6.90. The molecule has 1 heterocycles. The first-order chi connectivity index (χ1) is 12.3. The standard InChI is InChI=1S/C19H16F4N2O/c1-11-4-7-15(14-3-2-8-24-17(11)14)18(26)25-10-12-5-6-13(20)9-16(12)19(21,22)23/h2-3,5-6,8-9,15H,1,4,7,10H2,(H,25,26). The Morgan fingerprint density at radius 3 is 2.81 bits per heavy atom. The molecule has 7 heteroatoms. The third-order valence-electron chi connectivity index (χ3n) is 4.43. The van der Waals surface area contributed by atoms with Crippen LogP contribution < -0.4 is 5.32 Å². The second-order valence-corrected chi connectivity index (χ2v) is 6.15. The zero-order valence-corrected chi connectivity index (χ0v) is 13.7. The zero-order valence-electron chi connectivity index (χ0n) is 13.7. The van der Waals surface area contributed by atoms with Crippen LogP contribution >= 0.6 is 0 Å². The smallest absolute Gasteiger partial charge is 0.351 e. The molecule has 1 N–H and O–H groups in total. The normalized spacial score (nSPS) is 16.9. The van der Waals surface area contributed by atoms with E-state index in [1.165, 1.54) is 0 Å². The summed E-state index contributed by atoms with van der Waals surface area (Å²) < 4.78 is 52.3. The minimum absolute atomic E-state index is 0.182. The summed E-state index contributed by atoms with van der Waals surface area (Å²) in [4.78, 5) is 16.8. The van der Waals surface area contributed by atoms with Gasteiger partial charge in [0, 0.05) is 12.7 Å². The number of amides is 1. The highest BCUT2D eigenvalue weighted by Crippen LogP contribution is 2.36. The molecule has 1 atom stereocenters. The topological polar surface area (TPSA) is 42.0 Å². The van der Waals surface area contributed by atoms with Gasteiger partial charge in [0.15, 0.2) is 0 Å².